The molecule has 13 rings (SSSR count). The van der Waals surface area contributed by atoms with Crippen LogP contribution in [0.1, 0.15) is 72.6 Å². The number of nitrogens with zero attached hydrogens (tertiary/aromatic N) is 3. The summed E-state index contributed by atoms with van der Waals surface area (Å²) in [5, 5.41) is 0. The number of fused-ring (bicyclic) bond motifs is 9. The molecule has 0 atom stereocenters. The summed E-state index contributed by atoms with van der Waals surface area (Å²) in [4.78, 5) is 5.25. The normalized spacial score (nSPS) is 14.8. The van der Waals surface area contributed by atoms with Gasteiger partial charge in [-0.2, -0.15) is 48.5 Å². The Morgan fingerprint density at radius 2 is 0.818 bits per heavy atom. The number of aryl methyl sites for hydroxylation is 3. The molecule has 3 aliphatic carbocycles. The molecule has 8 aromatic carbocycles. The van der Waals surface area contributed by atoms with E-state index in [1.165, 1.54) is 72.3 Å². The van der Waals surface area contributed by atoms with Crippen LogP contribution in [0, 0.1) is 32.3 Å². The van der Waals surface area contributed by atoms with Crippen molar-refractivity contribution in [3.63, 3.8) is 0 Å². The van der Waals surface area contributed by atoms with Gasteiger partial charge in [0.25, 0.3) is 0 Å². The van der Waals surface area contributed by atoms with E-state index in [1.54, 1.807) is 0 Å². The summed E-state index contributed by atoms with van der Waals surface area (Å²) in [5.41, 5.74) is 19.9. The van der Waals surface area contributed by atoms with Crippen molar-refractivity contribution in [3.8, 4) is 33.4 Å². The first-order valence-electron chi connectivity index (χ1n) is 22.5. The molecule has 4 heteroatoms. The topological polar surface area (TPSA) is 21.7 Å². The van der Waals surface area contributed by atoms with Crippen molar-refractivity contribution in [2.75, 3.05) is 0 Å². The zero-order valence-electron chi connectivity index (χ0n) is 36.8. The first kappa shape index (κ1) is 40.3. The van der Waals surface area contributed by atoms with Gasteiger partial charge in [-0.15, -0.1) is 22.3 Å². The van der Waals surface area contributed by atoms with Crippen molar-refractivity contribution < 1.29 is 25.6 Å². The monoisotopic (exact) mass is 1020 g/mol. The van der Waals surface area contributed by atoms with E-state index in [4.69, 9.17) is 4.98 Å². The van der Waals surface area contributed by atoms with E-state index in [0.717, 1.165) is 33.6 Å². The Hall–Kier alpha value is -7.19. The zero-order chi connectivity index (χ0) is 43.5. The van der Waals surface area contributed by atoms with Crippen molar-refractivity contribution in [3.05, 3.63) is 298 Å². The average Bonchev–Trinajstić information content (AvgIpc) is 4.06. The van der Waals surface area contributed by atoms with E-state index in [0.29, 0.717) is 0 Å². The van der Waals surface area contributed by atoms with Gasteiger partial charge in [0.2, 0.25) is 6.33 Å². The Morgan fingerprint density at radius 3 is 1.26 bits per heavy atom. The molecular weight excluding hydrogens is 982 g/mol. The number of rotatable bonds is 6. The van der Waals surface area contributed by atoms with E-state index in [9.17, 15) is 0 Å². The maximum atomic E-state index is 5.25. The first-order chi connectivity index (χ1) is 32.0. The first-order valence-corrected chi connectivity index (χ1v) is 22.5. The largest absolute Gasteiger partial charge is 0.351 e. The predicted molar refractivity (Wildman–Crippen MR) is 258 cm³/mol. The second kappa shape index (κ2) is 14.9. The fourth-order valence-corrected chi connectivity index (χ4v) is 12.1. The number of benzene rings is 8. The molecule has 318 valence electrons. The fourth-order valence-electron chi connectivity index (χ4n) is 12.1. The molecule has 0 aliphatic heterocycles. The summed E-state index contributed by atoms with van der Waals surface area (Å²) >= 11 is 0. The standard InChI is InChI=1S/C62H43N3.Pt/c1-41-34-35-63-59(36-41)61(55-30-12-6-24-49(55)50-25-7-13-31-56(50)61)45-20-16-18-43(37-45)60(53-28-10-4-22-47(53)48-23-5-11-29-54(48)60)44-19-17-21-46(38-44)62(65-39-42(2)64(3)40-65)57-32-14-8-26-51(57)52-27-9-15-33-58(52)62;/h4-36,39H,1-3H3;/q-2;. The fraction of sp³-hybridized carbons (Fsp3) is 0.0968. The average molecular weight is 1030 g/mol. The summed E-state index contributed by atoms with van der Waals surface area (Å²) in [7, 11) is 2.08. The number of hydrogen-bond donors (Lipinski definition) is 0. The molecule has 10 aromatic rings. The molecule has 0 saturated heterocycles. The van der Waals surface area contributed by atoms with E-state index in [1.807, 2.05) is 6.20 Å². The van der Waals surface area contributed by atoms with Crippen LogP contribution in [-0.4, -0.2) is 9.55 Å². The van der Waals surface area contributed by atoms with E-state index < -0.39 is 16.4 Å². The second-order valence-corrected chi connectivity index (χ2v) is 18.0. The molecule has 0 amide bonds. The summed E-state index contributed by atoms with van der Waals surface area (Å²) < 4.78 is 4.39. The third-order valence-electron chi connectivity index (χ3n) is 14.8. The molecular formula is C62H43N3Pt-2. The predicted octanol–water partition coefficient (Wildman–Crippen LogP) is 12.3. The Labute approximate surface area is 401 Å². The van der Waals surface area contributed by atoms with Crippen LogP contribution in [0.3, 0.4) is 0 Å². The molecule has 0 spiro atoms. The van der Waals surface area contributed by atoms with E-state index in [-0.39, 0.29) is 21.1 Å². The summed E-state index contributed by atoms with van der Waals surface area (Å²) in [6.45, 7) is 4.31. The molecule has 3 aliphatic rings. The van der Waals surface area contributed by atoms with Crippen LogP contribution in [0.15, 0.2) is 207 Å². The van der Waals surface area contributed by atoms with Gasteiger partial charge in [-0.1, -0.05) is 153 Å². The summed E-state index contributed by atoms with van der Waals surface area (Å²) in [6.07, 6.45) is 7.95. The van der Waals surface area contributed by atoms with Crippen molar-refractivity contribution >= 4 is 0 Å². The maximum Gasteiger partial charge on any atom is 0.205 e. The molecule has 2 aromatic heterocycles. The Bertz CT molecular complexity index is 3420. The molecule has 0 bridgehead atoms. The Kier molecular flexibility index (Phi) is 9.12. The quantitative estimate of drug-likeness (QED) is 0.120. The Morgan fingerprint density at radius 1 is 0.439 bits per heavy atom. The van der Waals surface area contributed by atoms with Gasteiger partial charge in [0, 0.05) is 43.8 Å². The van der Waals surface area contributed by atoms with E-state index >= 15 is 0 Å². The maximum absolute atomic E-state index is 5.25. The van der Waals surface area contributed by atoms with Crippen LogP contribution in [0.5, 0.6) is 0 Å². The van der Waals surface area contributed by atoms with Gasteiger partial charge in [0.05, 0.1) is 18.2 Å². The smallest absolute Gasteiger partial charge is 0.205 e. The molecule has 0 fully saturated rings. The number of aromatic nitrogens is 3. The van der Waals surface area contributed by atoms with Crippen LogP contribution in [0.2, 0.25) is 0 Å². The van der Waals surface area contributed by atoms with Crippen LogP contribution < -0.4 is 4.57 Å². The molecule has 0 N–H and O–H groups in total. The van der Waals surface area contributed by atoms with Gasteiger partial charge in [-0.25, -0.2) is 0 Å². The number of hydrogen-bond acceptors (Lipinski definition) is 1. The number of pyridine rings is 1. The minimum atomic E-state index is -0.794. The van der Waals surface area contributed by atoms with Crippen LogP contribution in [-0.2, 0) is 44.5 Å². The van der Waals surface area contributed by atoms with Gasteiger partial charge in [0.1, 0.15) is 5.54 Å². The minimum absolute atomic E-state index is 0. The molecule has 2 heterocycles. The Balaban J connectivity index is 0.00000456. The van der Waals surface area contributed by atoms with Gasteiger partial charge in [-0.3, -0.25) is 4.98 Å². The molecule has 0 saturated carbocycles. The SMILES string of the molecule is Cc1ccnc(C2(c3[c-]c(C4(c5[c-]c(C6(n7[c-][n+](C)c(C)c7)c7ccccc7-c7ccccc76)ccc5)c5ccccc5-c5ccccc54)ccc3)c3ccccc3-c3ccccc32)c1.[Pt]. The van der Waals surface area contributed by atoms with Gasteiger partial charge in [0.15, 0.2) is 0 Å². The van der Waals surface area contributed by atoms with Gasteiger partial charge < -0.3 is 9.13 Å². The van der Waals surface area contributed by atoms with Crippen LogP contribution in [0.25, 0.3) is 33.4 Å². The number of imidazole rings is 1. The third kappa shape index (κ3) is 5.18. The molecule has 0 radical (unpaired) electrons. The third-order valence-corrected chi connectivity index (χ3v) is 14.8. The van der Waals surface area contributed by atoms with Gasteiger partial charge in [-0.05, 0) is 92.1 Å². The van der Waals surface area contributed by atoms with Crippen molar-refractivity contribution in [1.29, 1.82) is 0 Å². The van der Waals surface area contributed by atoms with Crippen molar-refractivity contribution in [2.24, 2.45) is 7.05 Å². The van der Waals surface area contributed by atoms with Crippen molar-refractivity contribution in [2.45, 2.75) is 30.2 Å². The van der Waals surface area contributed by atoms with Gasteiger partial charge >= 0.3 is 0 Å². The molecule has 3 nitrogen and oxygen atoms in total. The molecule has 0 unspecified atom stereocenters. The summed E-state index contributed by atoms with van der Waals surface area (Å²) in [5.74, 6) is 0. The minimum Gasteiger partial charge on any atom is -0.351 e. The van der Waals surface area contributed by atoms with Crippen molar-refractivity contribution in [1.82, 2.24) is 9.55 Å². The second-order valence-electron chi connectivity index (χ2n) is 18.0. The van der Waals surface area contributed by atoms with Crippen LogP contribution >= 0.6 is 0 Å². The summed E-state index contributed by atoms with van der Waals surface area (Å²) in [6, 6.07) is 80.1. The molecule has 66 heavy (non-hydrogen) atoms. The zero-order valence-corrected chi connectivity index (χ0v) is 39.1. The van der Waals surface area contributed by atoms with Crippen LogP contribution in [0.4, 0.5) is 0 Å². The van der Waals surface area contributed by atoms with E-state index in [2.05, 4.69) is 249 Å².